The lowest BCUT2D eigenvalue weighted by atomic mass is 10.1. The van der Waals surface area contributed by atoms with Crippen LogP contribution in [-0.2, 0) is 6.18 Å². The quantitative estimate of drug-likeness (QED) is 0.453. The Kier molecular flexibility index (Phi) is 5.21. The van der Waals surface area contributed by atoms with Gasteiger partial charge in [0.05, 0.1) is 16.1 Å². The van der Waals surface area contributed by atoms with Gasteiger partial charge in [-0.3, -0.25) is 0 Å². The van der Waals surface area contributed by atoms with E-state index in [-0.39, 0.29) is 6.04 Å². The van der Waals surface area contributed by atoms with Crippen molar-refractivity contribution in [2.45, 2.75) is 12.2 Å². The highest BCUT2D eigenvalue weighted by molar-refractivity contribution is 7.22. The summed E-state index contributed by atoms with van der Waals surface area (Å²) in [6.45, 7) is 0.488. The minimum Gasteiger partial charge on any atom is -0.368 e. The highest BCUT2D eigenvalue weighted by Crippen LogP contribution is 2.37. The van der Waals surface area contributed by atoms with E-state index in [1.54, 1.807) is 6.07 Å². The third kappa shape index (κ3) is 4.38. The van der Waals surface area contributed by atoms with E-state index in [9.17, 15) is 13.2 Å². The van der Waals surface area contributed by atoms with Gasteiger partial charge in [0.1, 0.15) is 12.1 Å². The van der Waals surface area contributed by atoms with Gasteiger partial charge in [-0.15, -0.1) is 11.3 Å². The summed E-state index contributed by atoms with van der Waals surface area (Å²) in [6, 6.07) is 16.9. The Bertz CT molecular complexity index is 1130. The standard InChI is InChI=1S/C21H17F3N4S/c22-21(23,24)15-7-6-14-8-19(29-18(14)9-15)17-10-20(28-12-27-17)26-11-16(25)13-4-2-1-3-5-13/h1-10,12,16H,11,25H2,(H,26,27,28)/t16-/m0/s1. The summed E-state index contributed by atoms with van der Waals surface area (Å²) in [5.74, 6) is 0.606. The van der Waals surface area contributed by atoms with Crippen molar-refractivity contribution in [3.63, 3.8) is 0 Å². The summed E-state index contributed by atoms with van der Waals surface area (Å²) in [5.41, 5.74) is 7.20. The molecule has 0 unspecified atom stereocenters. The maximum absolute atomic E-state index is 12.9. The topological polar surface area (TPSA) is 63.8 Å². The van der Waals surface area contributed by atoms with Gasteiger partial charge in [0.25, 0.3) is 0 Å². The number of alkyl halides is 3. The molecule has 0 bridgehead atoms. The molecule has 0 amide bonds. The predicted molar refractivity (Wildman–Crippen MR) is 110 cm³/mol. The molecule has 4 rings (SSSR count). The van der Waals surface area contributed by atoms with Crippen LogP contribution in [-0.4, -0.2) is 16.5 Å². The first kappa shape index (κ1) is 19.4. The fraction of sp³-hybridized carbons (Fsp3) is 0.143. The van der Waals surface area contributed by atoms with E-state index in [0.717, 1.165) is 21.9 Å². The third-order valence-electron chi connectivity index (χ3n) is 4.50. The maximum atomic E-state index is 12.9. The molecule has 2 aromatic carbocycles. The van der Waals surface area contributed by atoms with E-state index in [1.807, 2.05) is 36.4 Å². The van der Waals surface area contributed by atoms with Crippen molar-refractivity contribution < 1.29 is 13.2 Å². The zero-order valence-corrected chi connectivity index (χ0v) is 16.0. The summed E-state index contributed by atoms with van der Waals surface area (Å²) in [5, 5.41) is 3.94. The van der Waals surface area contributed by atoms with E-state index in [1.165, 1.54) is 29.8 Å². The van der Waals surface area contributed by atoms with Crippen molar-refractivity contribution in [3.05, 3.63) is 78.1 Å². The van der Waals surface area contributed by atoms with Crippen LogP contribution in [0.1, 0.15) is 17.2 Å². The number of thiophene rings is 1. The molecule has 0 aliphatic carbocycles. The number of nitrogens with zero attached hydrogens (tertiary/aromatic N) is 2. The van der Waals surface area contributed by atoms with Crippen LogP contribution < -0.4 is 11.1 Å². The number of fused-ring (bicyclic) bond motifs is 1. The van der Waals surface area contributed by atoms with E-state index in [0.29, 0.717) is 22.8 Å². The first-order chi connectivity index (χ1) is 13.9. The summed E-state index contributed by atoms with van der Waals surface area (Å²) in [4.78, 5) is 9.25. The average molecular weight is 414 g/mol. The summed E-state index contributed by atoms with van der Waals surface area (Å²) < 4.78 is 39.4. The van der Waals surface area contributed by atoms with Crippen LogP contribution in [0.15, 0.2) is 67.0 Å². The van der Waals surface area contributed by atoms with Gasteiger partial charge in [-0.2, -0.15) is 13.2 Å². The predicted octanol–water partition coefficient (Wildman–Crippen LogP) is 5.49. The molecule has 1 atom stereocenters. The molecule has 0 spiro atoms. The zero-order chi connectivity index (χ0) is 20.4. The minimum absolute atomic E-state index is 0.195. The van der Waals surface area contributed by atoms with Crippen LogP contribution >= 0.6 is 11.3 Å². The lowest BCUT2D eigenvalue weighted by molar-refractivity contribution is -0.137. The molecule has 4 nitrogen and oxygen atoms in total. The van der Waals surface area contributed by atoms with Crippen LogP contribution in [0, 0.1) is 0 Å². The highest BCUT2D eigenvalue weighted by Gasteiger charge is 2.30. The van der Waals surface area contributed by atoms with Crippen molar-refractivity contribution in [2.24, 2.45) is 5.73 Å². The molecule has 0 aliphatic heterocycles. The fourth-order valence-corrected chi connectivity index (χ4v) is 4.02. The van der Waals surface area contributed by atoms with E-state index >= 15 is 0 Å². The molecule has 2 aromatic heterocycles. The Morgan fingerprint density at radius 2 is 1.79 bits per heavy atom. The molecule has 8 heteroatoms. The number of halogens is 3. The number of hydrogen-bond donors (Lipinski definition) is 2. The second-order valence-electron chi connectivity index (χ2n) is 6.55. The summed E-state index contributed by atoms with van der Waals surface area (Å²) in [7, 11) is 0. The van der Waals surface area contributed by atoms with Gasteiger partial charge in [-0.05, 0) is 29.1 Å². The Labute approximate surface area is 169 Å². The number of aromatic nitrogens is 2. The second kappa shape index (κ2) is 7.81. The number of anilines is 1. The van der Waals surface area contributed by atoms with Crippen LogP contribution in [0.5, 0.6) is 0 Å². The van der Waals surface area contributed by atoms with Gasteiger partial charge in [-0.1, -0.05) is 36.4 Å². The van der Waals surface area contributed by atoms with Crippen LogP contribution in [0.25, 0.3) is 20.7 Å². The van der Waals surface area contributed by atoms with E-state index in [2.05, 4.69) is 15.3 Å². The van der Waals surface area contributed by atoms with Crippen molar-refractivity contribution >= 4 is 27.2 Å². The molecular formula is C21H17F3N4S. The molecule has 0 saturated carbocycles. The molecule has 0 radical (unpaired) electrons. The summed E-state index contributed by atoms with van der Waals surface area (Å²) in [6.07, 6.45) is -2.93. The van der Waals surface area contributed by atoms with Crippen molar-refractivity contribution in [2.75, 3.05) is 11.9 Å². The minimum atomic E-state index is -4.36. The lowest BCUT2D eigenvalue weighted by Gasteiger charge is -2.13. The largest absolute Gasteiger partial charge is 0.416 e. The Hall–Kier alpha value is -2.97. The van der Waals surface area contributed by atoms with Gasteiger partial charge in [0.2, 0.25) is 0 Å². The fourth-order valence-electron chi connectivity index (χ4n) is 2.96. The molecule has 0 fully saturated rings. The number of nitrogens with one attached hydrogen (secondary N) is 1. The normalized spacial score (nSPS) is 12.8. The molecule has 3 N–H and O–H groups in total. The third-order valence-corrected chi connectivity index (χ3v) is 5.62. The molecule has 29 heavy (non-hydrogen) atoms. The number of nitrogens with two attached hydrogens (primary N) is 1. The molecule has 0 saturated heterocycles. The van der Waals surface area contributed by atoms with Gasteiger partial charge < -0.3 is 11.1 Å². The Balaban J connectivity index is 1.54. The first-order valence-electron chi connectivity index (χ1n) is 8.88. The Morgan fingerprint density at radius 3 is 2.55 bits per heavy atom. The van der Waals surface area contributed by atoms with Crippen molar-refractivity contribution in [3.8, 4) is 10.6 Å². The second-order valence-corrected chi connectivity index (χ2v) is 7.63. The number of benzene rings is 2. The van der Waals surface area contributed by atoms with Crippen LogP contribution in [0.2, 0.25) is 0 Å². The monoisotopic (exact) mass is 414 g/mol. The van der Waals surface area contributed by atoms with E-state index < -0.39 is 11.7 Å². The Morgan fingerprint density at radius 1 is 1.00 bits per heavy atom. The van der Waals surface area contributed by atoms with Gasteiger partial charge >= 0.3 is 6.18 Å². The average Bonchev–Trinajstić information content (AvgIpc) is 3.16. The highest BCUT2D eigenvalue weighted by atomic mass is 32.1. The number of hydrogen-bond acceptors (Lipinski definition) is 5. The molecular weight excluding hydrogens is 397 g/mol. The first-order valence-corrected chi connectivity index (χ1v) is 9.69. The van der Waals surface area contributed by atoms with Crippen LogP contribution in [0.3, 0.4) is 0 Å². The molecule has 4 aromatic rings. The van der Waals surface area contributed by atoms with Gasteiger partial charge in [-0.25, -0.2) is 9.97 Å². The van der Waals surface area contributed by atoms with Crippen molar-refractivity contribution in [1.82, 2.24) is 9.97 Å². The zero-order valence-electron chi connectivity index (χ0n) is 15.1. The summed E-state index contributed by atoms with van der Waals surface area (Å²) >= 11 is 1.27. The van der Waals surface area contributed by atoms with Crippen LogP contribution in [0.4, 0.5) is 19.0 Å². The SMILES string of the molecule is N[C@@H](CNc1cc(-c2cc3ccc(C(F)(F)F)cc3s2)ncn1)c1ccccc1. The molecule has 0 aliphatic rings. The molecule has 148 valence electrons. The molecule has 2 heterocycles. The van der Waals surface area contributed by atoms with Gasteiger partial charge in [0, 0.05) is 23.4 Å². The lowest BCUT2D eigenvalue weighted by Crippen LogP contribution is -2.20. The smallest absolute Gasteiger partial charge is 0.368 e. The van der Waals surface area contributed by atoms with Gasteiger partial charge in [0.15, 0.2) is 0 Å². The maximum Gasteiger partial charge on any atom is 0.416 e. The number of rotatable bonds is 5. The van der Waals surface area contributed by atoms with E-state index in [4.69, 9.17) is 5.73 Å². The van der Waals surface area contributed by atoms with Crippen molar-refractivity contribution in [1.29, 1.82) is 0 Å².